The lowest BCUT2D eigenvalue weighted by Crippen LogP contribution is -2.30. The summed E-state index contributed by atoms with van der Waals surface area (Å²) in [5.74, 6) is -1.98. The number of amides is 1. The Balaban J connectivity index is 0.000000440. The summed E-state index contributed by atoms with van der Waals surface area (Å²) in [6, 6.07) is 13.7. The standard InChI is InChI=1S/C8H5BrF3NO.C6H6BrN.CH2Cl2/c9-5-3-1-2-4-6(5)13-7(14)8(10,11)12;7-5-3-1-2-4-6(5)8;2-1-3/h1-4H,(H,13,14);1-4H,8H2;1H2. The number of alkyl halides is 5. The van der Waals surface area contributed by atoms with Crippen molar-refractivity contribution in [3.05, 3.63) is 57.5 Å². The molecular formula is C15H13Br2Cl2F3N2O. The Kier molecular flexibility index (Phi) is 11.9. The van der Waals surface area contributed by atoms with Gasteiger partial charge in [-0.3, -0.25) is 4.79 Å². The van der Waals surface area contributed by atoms with Crippen LogP contribution >= 0.6 is 55.1 Å². The topological polar surface area (TPSA) is 55.1 Å². The number of anilines is 2. The zero-order chi connectivity index (χ0) is 19.5. The first-order valence-electron chi connectivity index (χ1n) is 6.38. The van der Waals surface area contributed by atoms with Crippen LogP contribution in [0.15, 0.2) is 57.5 Å². The summed E-state index contributed by atoms with van der Waals surface area (Å²) in [4.78, 5) is 10.5. The van der Waals surface area contributed by atoms with E-state index in [-0.39, 0.29) is 11.0 Å². The molecule has 0 bridgehead atoms. The molecule has 0 aliphatic heterocycles. The molecule has 3 nitrogen and oxygen atoms in total. The number of hydrogen-bond acceptors (Lipinski definition) is 2. The fourth-order valence-electron chi connectivity index (χ4n) is 1.23. The Labute approximate surface area is 169 Å². The number of nitrogens with one attached hydrogen (secondary N) is 1. The smallest absolute Gasteiger partial charge is 0.398 e. The van der Waals surface area contributed by atoms with E-state index in [2.05, 4.69) is 31.9 Å². The number of carbonyl (C=O) groups excluding carboxylic acids is 1. The normalized spacial score (nSPS) is 9.88. The number of para-hydroxylation sites is 2. The van der Waals surface area contributed by atoms with Gasteiger partial charge in [0.25, 0.3) is 0 Å². The molecule has 0 aromatic heterocycles. The van der Waals surface area contributed by atoms with Crippen molar-refractivity contribution >= 4 is 72.3 Å². The predicted octanol–water partition coefficient (Wildman–Crippen LogP) is 6.40. The van der Waals surface area contributed by atoms with Crippen molar-refractivity contribution < 1.29 is 18.0 Å². The average molecular weight is 525 g/mol. The Morgan fingerprint density at radius 2 is 1.44 bits per heavy atom. The molecule has 0 aliphatic rings. The van der Waals surface area contributed by atoms with Crippen molar-refractivity contribution in [3.8, 4) is 0 Å². The molecule has 2 aromatic rings. The monoisotopic (exact) mass is 522 g/mol. The van der Waals surface area contributed by atoms with Crippen LogP contribution in [0.25, 0.3) is 0 Å². The Hall–Kier alpha value is -0.960. The van der Waals surface area contributed by atoms with E-state index in [0.717, 1.165) is 10.2 Å². The van der Waals surface area contributed by atoms with Crippen LogP contribution in [0.1, 0.15) is 0 Å². The highest BCUT2D eigenvalue weighted by Gasteiger charge is 2.38. The summed E-state index contributed by atoms with van der Waals surface area (Å²) < 4.78 is 36.9. The highest BCUT2D eigenvalue weighted by molar-refractivity contribution is 9.11. The van der Waals surface area contributed by atoms with Gasteiger partial charge in [0.2, 0.25) is 0 Å². The summed E-state index contributed by atoms with van der Waals surface area (Å²) in [5.41, 5.74) is 6.35. The van der Waals surface area contributed by atoms with Crippen molar-refractivity contribution in [2.24, 2.45) is 0 Å². The van der Waals surface area contributed by atoms with E-state index in [4.69, 9.17) is 28.9 Å². The number of benzene rings is 2. The van der Waals surface area contributed by atoms with E-state index in [1.807, 2.05) is 24.3 Å². The van der Waals surface area contributed by atoms with Gasteiger partial charge in [-0.2, -0.15) is 13.2 Å². The molecule has 0 aliphatic carbocycles. The minimum Gasteiger partial charge on any atom is -0.398 e. The van der Waals surface area contributed by atoms with Gasteiger partial charge < -0.3 is 11.1 Å². The molecule has 138 valence electrons. The van der Waals surface area contributed by atoms with E-state index in [1.54, 1.807) is 11.4 Å². The van der Waals surface area contributed by atoms with Crippen LogP contribution in [0.4, 0.5) is 24.5 Å². The summed E-state index contributed by atoms with van der Waals surface area (Å²) >= 11 is 15.8. The molecule has 0 radical (unpaired) electrons. The Morgan fingerprint density at radius 1 is 1.00 bits per heavy atom. The maximum Gasteiger partial charge on any atom is 0.471 e. The second kappa shape index (κ2) is 12.4. The van der Waals surface area contributed by atoms with Gasteiger partial charge >= 0.3 is 12.1 Å². The van der Waals surface area contributed by atoms with Crippen molar-refractivity contribution in [1.29, 1.82) is 0 Å². The second-order valence-corrected chi connectivity index (χ2v) is 6.57. The molecule has 0 spiro atoms. The van der Waals surface area contributed by atoms with Crippen molar-refractivity contribution in [3.63, 3.8) is 0 Å². The van der Waals surface area contributed by atoms with Gasteiger partial charge in [-0.25, -0.2) is 0 Å². The molecule has 0 heterocycles. The molecule has 0 saturated heterocycles. The zero-order valence-corrected chi connectivity index (χ0v) is 17.1. The van der Waals surface area contributed by atoms with E-state index in [0.29, 0.717) is 4.47 Å². The first-order valence-corrected chi connectivity index (χ1v) is 9.03. The lowest BCUT2D eigenvalue weighted by atomic mass is 10.3. The SMILES string of the molecule is ClCCl.Nc1ccccc1Br.O=C(Nc1ccccc1Br)C(F)(F)F. The predicted molar refractivity (Wildman–Crippen MR) is 104 cm³/mol. The van der Waals surface area contributed by atoms with E-state index in [9.17, 15) is 18.0 Å². The van der Waals surface area contributed by atoms with E-state index >= 15 is 0 Å². The molecular weight excluding hydrogens is 512 g/mol. The number of carbonyl (C=O) groups is 1. The molecule has 0 fully saturated rings. The van der Waals surface area contributed by atoms with Gasteiger partial charge in [0, 0.05) is 14.6 Å². The minimum absolute atomic E-state index is 0.0924. The van der Waals surface area contributed by atoms with Crippen molar-refractivity contribution in [2.75, 3.05) is 16.4 Å². The van der Waals surface area contributed by atoms with Gasteiger partial charge in [-0.1, -0.05) is 24.3 Å². The van der Waals surface area contributed by atoms with Crippen LogP contribution in [-0.4, -0.2) is 17.4 Å². The lowest BCUT2D eigenvalue weighted by Gasteiger charge is -2.08. The van der Waals surface area contributed by atoms with Crippen LogP contribution in [0.5, 0.6) is 0 Å². The Bertz CT molecular complexity index is 652. The van der Waals surface area contributed by atoms with Crippen LogP contribution in [0.2, 0.25) is 0 Å². The molecule has 25 heavy (non-hydrogen) atoms. The van der Waals surface area contributed by atoms with Gasteiger partial charge in [0.05, 0.1) is 11.0 Å². The van der Waals surface area contributed by atoms with Crippen LogP contribution in [0, 0.1) is 0 Å². The number of halogens is 7. The van der Waals surface area contributed by atoms with Crippen molar-refractivity contribution in [2.45, 2.75) is 6.18 Å². The second-order valence-electron chi connectivity index (χ2n) is 4.05. The van der Waals surface area contributed by atoms with Gasteiger partial charge in [-0.05, 0) is 56.1 Å². The molecule has 0 unspecified atom stereocenters. The molecule has 2 rings (SSSR count). The quantitative estimate of drug-likeness (QED) is 0.335. The summed E-state index contributed by atoms with van der Waals surface area (Å²) in [5, 5.41) is 1.93. The molecule has 3 N–H and O–H groups in total. The number of nitrogen functional groups attached to an aromatic ring is 1. The van der Waals surface area contributed by atoms with Crippen LogP contribution in [0.3, 0.4) is 0 Å². The summed E-state index contributed by atoms with van der Waals surface area (Å²) in [6.45, 7) is 0. The van der Waals surface area contributed by atoms with E-state index in [1.165, 1.54) is 18.2 Å². The number of rotatable bonds is 1. The molecule has 0 atom stereocenters. The highest BCUT2D eigenvalue weighted by Crippen LogP contribution is 2.24. The molecule has 10 heteroatoms. The fourth-order valence-corrected chi connectivity index (χ4v) is 1.90. The third-order valence-corrected chi connectivity index (χ3v) is 3.70. The molecule has 2 aromatic carbocycles. The first kappa shape index (κ1) is 24.0. The maximum atomic E-state index is 11.8. The fraction of sp³-hybridized carbons (Fsp3) is 0.133. The molecule has 1 amide bonds. The molecule has 0 saturated carbocycles. The summed E-state index contributed by atoms with van der Waals surface area (Å²) in [6.07, 6.45) is -4.87. The largest absolute Gasteiger partial charge is 0.471 e. The third kappa shape index (κ3) is 10.6. The van der Waals surface area contributed by atoms with E-state index < -0.39 is 12.1 Å². The zero-order valence-electron chi connectivity index (χ0n) is 12.5. The average Bonchev–Trinajstić information content (AvgIpc) is 2.53. The number of nitrogens with two attached hydrogens (primary N) is 1. The number of hydrogen-bond donors (Lipinski definition) is 2. The minimum atomic E-state index is -4.87. The Morgan fingerprint density at radius 3 is 1.80 bits per heavy atom. The van der Waals surface area contributed by atoms with Gasteiger partial charge in [0.1, 0.15) is 0 Å². The maximum absolute atomic E-state index is 11.8. The van der Waals surface area contributed by atoms with Crippen molar-refractivity contribution in [1.82, 2.24) is 0 Å². The van der Waals surface area contributed by atoms with Gasteiger partial charge in [-0.15, -0.1) is 23.2 Å². The van der Waals surface area contributed by atoms with Crippen LogP contribution < -0.4 is 11.1 Å². The lowest BCUT2D eigenvalue weighted by molar-refractivity contribution is -0.167. The highest BCUT2D eigenvalue weighted by atomic mass is 79.9. The third-order valence-electron chi connectivity index (χ3n) is 2.28. The van der Waals surface area contributed by atoms with Gasteiger partial charge in [0.15, 0.2) is 0 Å². The first-order chi connectivity index (χ1) is 11.6. The summed E-state index contributed by atoms with van der Waals surface area (Å²) in [7, 11) is 0. The van der Waals surface area contributed by atoms with Crippen LogP contribution in [-0.2, 0) is 4.79 Å².